The van der Waals surface area contributed by atoms with Crippen molar-refractivity contribution in [1.29, 1.82) is 5.26 Å². The van der Waals surface area contributed by atoms with Crippen LogP contribution in [0.15, 0.2) is 23.9 Å². The van der Waals surface area contributed by atoms with Gasteiger partial charge in [-0.2, -0.15) is 5.26 Å². The molecule has 0 amide bonds. The lowest BCUT2D eigenvalue weighted by Gasteiger charge is -2.56. The number of aromatic amines is 1. The van der Waals surface area contributed by atoms with E-state index in [1.807, 2.05) is 12.3 Å². The van der Waals surface area contributed by atoms with Gasteiger partial charge in [-0.25, -0.2) is 0 Å². The van der Waals surface area contributed by atoms with E-state index >= 15 is 0 Å². The van der Waals surface area contributed by atoms with E-state index in [4.69, 9.17) is 0 Å². The first-order chi connectivity index (χ1) is 9.27. The molecule has 0 aliphatic heterocycles. The minimum absolute atomic E-state index is 0.217. The van der Waals surface area contributed by atoms with Crippen LogP contribution in [0.25, 0.3) is 6.08 Å². The molecule has 19 heavy (non-hydrogen) atoms. The van der Waals surface area contributed by atoms with Gasteiger partial charge in [0.1, 0.15) is 0 Å². The SMILES string of the molecule is N#C/C(=C\c1ccc[nH]1)C12CC3CC(CC(C3)C1)C2. The molecular weight excluding hydrogens is 232 g/mol. The molecule has 0 radical (unpaired) electrons. The summed E-state index contributed by atoms with van der Waals surface area (Å²) in [5.41, 5.74) is 2.33. The van der Waals surface area contributed by atoms with Gasteiger partial charge in [-0.15, -0.1) is 0 Å². The van der Waals surface area contributed by atoms with Crippen LogP contribution < -0.4 is 0 Å². The highest BCUT2D eigenvalue weighted by Crippen LogP contribution is 2.62. The highest BCUT2D eigenvalue weighted by Gasteiger charge is 2.52. The molecule has 4 aliphatic carbocycles. The summed E-state index contributed by atoms with van der Waals surface area (Å²) in [5.74, 6) is 2.69. The zero-order valence-electron chi connectivity index (χ0n) is 11.2. The molecule has 0 saturated heterocycles. The maximum Gasteiger partial charge on any atom is 0.0953 e. The third-order valence-electron chi connectivity index (χ3n) is 5.65. The molecule has 4 aliphatic rings. The standard InChI is InChI=1S/C17H20N2/c18-11-15(7-16-2-1-3-19-16)17-8-12-4-13(9-17)6-14(5-12)10-17/h1-3,7,12-14,19H,4-6,8-10H2/b15-7+. The Balaban J connectivity index is 1.72. The average Bonchev–Trinajstić information content (AvgIpc) is 2.87. The fraction of sp³-hybridized carbons (Fsp3) is 0.588. The van der Waals surface area contributed by atoms with E-state index in [1.54, 1.807) is 0 Å². The largest absolute Gasteiger partial charge is 0.362 e. The summed E-state index contributed by atoms with van der Waals surface area (Å²) in [6.45, 7) is 0. The number of hydrogen-bond donors (Lipinski definition) is 1. The second-order valence-electron chi connectivity index (χ2n) is 6.99. The highest BCUT2D eigenvalue weighted by molar-refractivity contribution is 5.57. The van der Waals surface area contributed by atoms with Crippen LogP contribution in [0.3, 0.4) is 0 Å². The molecule has 0 aromatic carbocycles. The number of hydrogen-bond acceptors (Lipinski definition) is 1. The third kappa shape index (κ3) is 1.75. The predicted octanol–water partition coefficient (Wildman–Crippen LogP) is 4.14. The van der Waals surface area contributed by atoms with Crippen molar-refractivity contribution < 1.29 is 0 Å². The Labute approximate surface area is 114 Å². The molecule has 2 heteroatoms. The molecule has 1 aromatic rings. The van der Waals surface area contributed by atoms with Crippen LogP contribution in [-0.2, 0) is 0 Å². The topological polar surface area (TPSA) is 39.6 Å². The van der Waals surface area contributed by atoms with Crippen LogP contribution in [0.4, 0.5) is 0 Å². The summed E-state index contributed by atoms with van der Waals surface area (Å²) in [4.78, 5) is 3.21. The minimum Gasteiger partial charge on any atom is -0.362 e. The van der Waals surface area contributed by atoms with Gasteiger partial charge in [0, 0.05) is 22.9 Å². The first-order valence-corrected chi connectivity index (χ1v) is 7.53. The van der Waals surface area contributed by atoms with Crippen molar-refractivity contribution in [2.75, 3.05) is 0 Å². The molecule has 5 rings (SSSR count). The van der Waals surface area contributed by atoms with E-state index in [0.29, 0.717) is 0 Å². The molecule has 0 atom stereocenters. The molecule has 2 nitrogen and oxygen atoms in total. The smallest absolute Gasteiger partial charge is 0.0953 e. The van der Waals surface area contributed by atoms with Crippen molar-refractivity contribution in [2.45, 2.75) is 38.5 Å². The van der Waals surface area contributed by atoms with E-state index in [2.05, 4.69) is 23.2 Å². The first-order valence-electron chi connectivity index (χ1n) is 7.53. The van der Waals surface area contributed by atoms with Crippen molar-refractivity contribution in [3.63, 3.8) is 0 Å². The molecule has 0 unspecified atom stereocenters. The second-order valence-corrected chi connectivity index (χ2v) is 6.99. The van der Waals surface area contributed by atoms with Crippen LogP contribution in [0.5, 0.6) is 0 Å². The number of nitrogens with zero attached hydrogens (tertiary/aromatic N) is 1. The van der Waals surface area contributed by atoms with Gasteiger partial charge in [-0.3, -0.25) is 0 Å². The molecule has 0 spiro atoms. The van der Waals surface area contributed by atoms with Crippen LogP contribution in [0.1, 0.15) is 44.2 Å². The van der Waals surface area contributed by atoms with Crippen LogP contribution in [0, 0.1) is 34.5 Å². The molecule has 4 bridgehead atoms. The zero-order valence-corrected chi connectivity index (χ0v) is 11.2. The quantitative estimate of drug-likeness (QED) is 0.789. The third-order valence-corrected chi connectivity index (χ3v) is 5.65. The lowest BCUT2D eigenvalue weighted by atomic mass is 9.48. The second kappa shape index (κ2) is 4.00. The number of aromatic nitrogens is 1. The van der Waals surface area contributed by atoms with Gasteiger partial charge in [0.2, 0.25) is 0 Å². The number of rotatable bonds is 2. The Morgan fingerprint density at radius 1 is 1.21 bits per heavy atom. The molecule has 1 aromatic heterocycles. The van der Waals surface area contributed by atoms with Gasteiger partial charge in [0.15, 0.2) is 0 Å². The fourth-order valence-electron chi connectivity index (χ4n) is 5.33. The van der Waals surface area contributed by atoms with Gasteiger partial charge in [0.05, 0.1) is 6.07 Å². The number of allylic oxidation sites excluding steroid dienone is 1. The van der Waals surface area contributed by atoms with Crippen LogP contribution >= 0.6 is 0 Å². The summed E-state index contributed by atoms with van der Waals surface area (Å²) in [6, 6.07) is 6.59. The number of H-pyrrole nitrogens is 1. The summed E-state index contributed by atoms with van der Waals surface area (Å²) in [7, 11) is 0. The summed E-state index contributed by atoms with van der Waals surface area (Å²) >= 11 is 0. The van der Waals surface area contributed by atoms with E-state index in [-0.39, 0.29) is 5.41 Å². The number of nitriles is 1. The van der Waals surface area contributed by atoms with Crippen LogP contribution in [0.2, 0.25) is 0 Å². The molecular formula is C17H20N2. The van der Waals surface area contributed by atoms with E-state index in [1.165, 1.54) is 38.5 Å². The fourth-order valence-corrected chi connectivity index (χ4v) is 5.33. The van der Waals surface area contributed by atoms with Crippen molar-refractivity contribution in [1.82, 2.24) is 4.98 Å². The average molecular weight is 252 g/mol. The Kier molecular flexibility index (Phi) is 2.39. The highest BCUT2D eigenvalue weighted by atomic mass is 14.7. The predicted molar refractivity (Wildman–Crippen MR) is 75.0 cm³/mol. The van der Waals surface area contributed by atoms with Crippen molar-refractivity contribution in [3.05, 3.63) is 29.6 Å². The van der Waals surface area contributed by atoms with Gasteiger partial charge in [-0.05, 0) is 74.5 Å². The lowest BCUT2D eigenvalue weighted by molar-refractivity contribution is -0.0275. The number of nitrogens with one attached hydrogen (secondary N) is 1. The molecule has 4 saturated carbocycles. The van der Waals surface area contributed by atoms with Gasteiger partial charge < -0.3 is 4.98 Å². The Morgan fingerprint density at radius 2 is 1.84 bits per heavy atom. The van der Waals surface area contributed by atoms with Gasteiger partial charge in [0.25, 0.3) is 0 Å². The normalized spacial score (nSPS) is 40.4. The first kappa shape index (κ1) is 11.3. The summed E-state index contributed by atoms with van der Waals surface area (Å²) < 4.78 is 0. The van der Waals surface area contributed by atoms with Crippen molar-refractivity contribution in [3.8, 4) is 6.07 Å². The monoisotopic (exact) mass is 252 g/mol. The van der Waals surface area contributed by atoms with E-state index in [0.717, 1.165) is 29.0 Å². The lowest BCUT2D eigenvalue weighted by Crippen LogP contribution is -2.46. The molecule has 1 heterocycles. The van der Waals surface area contributed by atoms with E-state index < -0.39 is 0 Å². The Hall–Kier alpha value is -1.49. The van der Waals surface area contributed by atoms with Crippen LogP contribution in [-0.4, -0.2) is 4.98 Å². The molecule has 1 N–H and O–H groups in total. The van der Waals surface area contributed by atoms with Crippen molar-refractivity contribution in [2.24, 2.45) is 23.2 Å². The Morgan fingerprint density at radius 3 is 2.32 bits per heavy atom. The molecule has 98 valence electrons. The van der Waals surface area contributed by atoms with Gasteiger partial charge in [-0.1, -0.05) is 0 Å². The summed E-state index contributed by atoms with van der Waals surface area (Å²) in [6.07, 6.45) is 12.1. The maximum absolute atomic E-state index is 9.65. The van der Waals surface area contributed by atoms with Crippen molar-refractivity contribution >= 4 is 6.08 Å². The van der Waals surface area contributed by atoms with E-state index in [9.17, 15) is 5.26 Å². The summed E-state index contributed by atoms with van der Waals surface area (Å²) in [5, 5.41) is 9.65. The minimum atomic E-state index is 0.217. The zero-order chi connectivity index (χ0) is 12.9. The molecule has 4 fully saturated rings. The maximum atomic E-state index is 9.65. The Bertz CT molecular complexity index is 509. The van der Waals surface area contributed by atoms with Gasteiger partial charge >= 0.3 is 0 Å².